The van der Waals surface area contributed by atoms with E-state index < -0.39 is 17.7 Å². The van der Waals surface area contributed by atoms with E-state index in [0.717, 1.165) is 21.3 Å². The molecule has 11 heteroatoms. The van der Waals surface area contributed by atoms with Crippen LogP contribution in [-0.4, -0.2) is 35.4 Å². The summed E-state index contributed by atoms with van der Waals surface area (Å²) in [6.45, 7) is 9.35. The molecule has 2 aliphatic heterocycles. The quantitative estimate of drug-likeness (QED) is 0.335. The molecular formula is C28H30BrF2N3O5. The van der Waals surface area contributed by atoms with Gasteiger partial charge < -0.3 is 24.3 Å². The zero-order chi connectivity index (χ0) is 28.7. The lowest BCUT2D eigenvalue weighted by atomic mass is 9.89. The van der Waals surface area contributed by atoms with Gasteiger partial charge in [-0.1, -0.05) is 35.8 Å². The maximum atomic E-state index is 13.6. The number of nitrogens with zero attached hydrogens (tertiary/aromatic N) is 2. The number of aromatic nitrogens is 2. The van der Waals surface area contributed by atoms with Crippen LogP contribution in [0.1, 0.15) is 51.4 Å². The molecule has 1 atom stereocenters. The fourth-order valence-corrected chi connectivity index (χ4v) is 4.72. The Bertz CT molecular complexity index is 1450. The Labute approximate surface area is 234 Å². The van der Waals surface area contributed by atoms with Gasteiger partial charge >= 0.3 is 12.3 Å². The van der Waals surface area contributed by atoms with E-state index in [1.165, 1.54) is 19.2 Å². The lowest BCUT2D eigenvalue weighted by Crippen LogP contribution is -2.30. The number of esters is 1. The minimum atomic E-state index is -3.71. The van der Waals surface area contributed by atoms with Crippen molar-refractivity contribution in [1.82, 2.24) is 15.1 Å². The highest BCUT2D eigenvalue weighted by atomic mass is 79.9. The van der Waals surface area contributed by atoms with Gasteiger partial charge in [0, 0.05) is 28.2 Å². The highest BCUT2D eigenvalue weighted by Gasteiger charge is 2.44. The van der Waals surface area contributed by atoms with Crippen LogP contribution in [0.15, 0.2) is 46.9 Å². The van der Waals surface area contributed by atoms with Crippen molar-refractivity contribution in [2.24, 2.45) is 7.05 Å². The van der Waals surface area contributed by atoms with E-state index in [9.17, 15) is 13.6 Å². The first-order valence-corrected chi connectivity index (χ1v) is 13.2. The van der Waals surface area contributed by atoms with E-state index in [0.29, 0.717) is 22.7 Å². The summed E-state index contributed by atoms with van der Waals surface area (Å²) in [5, 5.41) is 7.86. The first kappa shape index (κ1) is 28.4. The molecule has 2 aromatic carbocycles. The second-order valence-electron chi connectivity index (χ2n) is 9.28. The lowest BCUT2D eigenvalue weighted by molar-refractivity contribution is -0.286. The molecule has 0 aliphatic carbocycles. The van der Waals surface area contributed by atoms with Crippen molar-refractivity contribution in [2.75, 3.05) is 7.11 Å². The van der Waals surface area contributed by atoms with Gasteiger partial charge in [0.2, 0.25) is 0 Å². The summed E-state index contributed by atoms with van der Waals surface area (Å²) in [6.07, 6.45) is -4.10. The zero-order valence-electron chi connectivity index (χ0n) is 22.7. The van der Waals surface area contributed by atoms with Gasteiger partial charge in [0.05, 0.1) is 24.2 Å². The van der Waals surface area contributed by atoms with Crippen LogP contribution in [0.3, 0.4) is 0 Å². The van der Waals surface area contributed by atoms with Crippen molar-refractivity contribution in [2.45, 2.75) is 52.6 Å². The Balaban J connectivity index is 0.00000172. The lowest BCUT2D eigenvalue weighted by Gasteiger charge is -2.18. The third-order valence-electron chi connectivity index (χ3n) is 6.28. The van der Waals surface area contributed by atoms with Crippen LogP contribution < -0.4 is 14.8 Å². The fourth-order valence-electron chi connectivity index (χ4n) is 4.36. The summed E-state index contributed by atoms with van der Waals surface area (Å²) in [5.41, 5.74) is 3.05. The Morgan fingerprint density at radius 1 is 1.10 bits per heavy atom. The molecule has 3 heterocycles. The number of carbonyl (C=O) groups is 1. The van der Waals surface area contributed by atoms with E-state index in [-0.39, 0.29) is 17.7 Å². The first-order chi connectivity index (χ1) is 18.4. The predicted octanol–water partition coefficient (Wildman–Crippen LogP) is 6.44. The number of fused-ring (bicyclic) bond motifs is 1. The Kier molecular flexibility index (Phi) is 7.66. The number of methoxy groups -OCH3 is 1. The number of halogens is 3. The molecule has 2 aliphatic rings. The van der Waals surface area contributed by atoms with Crippen molar-refractivity contribution in [3.8, 4) is 22.8 Å². The third kappa shape index (κ3) is 5.32. The maximum Gasteiger partial charge on any atom is 0.586 e. The van der Waals surface area contributed by atoms with Crippen LogP contribution in [-0.2, 0) is 26.7 Å². The van der Waals surface area contributed by atoms with Crippen LogP contribution in [0.4, 0.5) is 8.78 Å². The van der Waals surface area contributed by atoms with Crippen molar-refractivity contribution in [1.29, 1.82) is 0 Å². The van der Waals surface area contributed by atoms with Gasteiger partial charge in [-0.2, -0.15) is 5.10 Å². The van der Waals surface area contributed by atoms with Gasteiger partial charge in [-0.25, -0.2) is 0 Å². The molecule has 0 amide bonds. The van der Waals surface area contributed by atoms with Crippen LogP contribution in [0.2, 0.25) is 0 Å². The van der Waals surface area contributed by atoms with E-state index in [2.05, 4.69) is 35.8 Å². The average Bonchev–Trinajstić information content (AvgIpc) is 3.57. The van der Waals surface area contributed by atoms with Gasteiger partial charge in [0.1, 0.15) is 5.41 Å². The van der Waals surface area contributed by atoms with Gasteiger partial charge in [-0.3, -0.25) is 9.48 Å². The number of ether oxygens (including phenoxy) is 4. The Hall–Kier alpha value is -3.60. The summed E-state index contributed by atoms with van der Waals surface area (Å²) in [7, 11) is 3.14. The number of nitrogens with one attached hydrogen (secondary N) is 1. The fraction of sp³-hybridized carbons (Fsp3) is 0.357. The molecule has 0 radical (unpaired) electrons. The second kappa shape index (κ2) is 10.5. The second-order valence-corrected chi connectivity index (χ2v) is 10.2. The molecule has 1 N–H and O–H groups in total. The molecule has 5 rings (SSSR count). The Morgan fingerprint density at radius 2 is 1.79 bits per heavy atom. The molecule has 39 heavy (non-hydrogen) atoms. The first-order valence-electron chi connectivity index (χ1n) is 12.4. The molecule has 1 unspecified atom stereocenters. The average molecular weight is 606 g/mol. The molecular weight excluding hydrogens is 576 g/mol. The van der Waals surface area contributed by atoms with E-state index in [1.54, 1.807) is 31.6 Å². The molecule has 0 spiro atoms. The predicted molar refractivity (Wildman–Crippen MR) is 146 cm³/mol. The molecule has 208 valence electrons. The van der Waals surface area contributed by atoms with Gasteiger partial charge in [-0.15, -0.1) is 8.78 Å². The number of carbonyl (C=O) groups excluding carboxylic acids is 1. The monoisotopic (exact) mass is 605 g/mol. The molecule has 8 nitrogen and oxygen atoms in total. The minimum absolute atomic E-state index is 0.0401. The Morgan fingerprint density at radius 3 is 2.49 bits per heavy atom. The van der Waals surface area contributed by atoms with Crippen molar-refractivity contribution in [3.05, 3.63) is 63.8 Å². The van der Waals surface area contributed by atoms with Crippen molar-refractivity contribution < 1.29 is 32.5 Å². The van der Waals surface area contributed by atoms with Gasteiger partial charge in [-0.05, 0) is 57.2 Å². The minimum Gasteiger partial charge on any atom is -0.468 e. The number of rotatable bonds is 5. The zero-order valence-corrected chi connectivity index (χ0v) is 24.3. The largest absolute Gasteiger partial charge is 0.586 e. The molecule has 0 saturated heterocycles. The topological polar surface area (TPSA) is 83.8 Å². The highest BCUT2D eigenvalue weighted by Crippen LogP contribution is 2.44. The number of hydrogen-bond donors (Lipinski definition) is 1. The van der Waals surface area contributed by atoms with Crippen molar-refractivity contribution >= 4 is 33.4 Å². The normalized spacial score (nSPS) is 17.2. The molecule has 3 aromatic rings. The van der Waals surface area contributed by atoms with Crippen LogP contribution >= 0.6 is 15.9 Å². The molecule has 0 fully saturated rings. The number of benzene rings is 2. The summed E-state index contributed by atoms with van der Waals surface area (Å²) >= 11 is 3.54. The highest BCUT2D eigenvalue weighted by molar-refractivity contribution is 9.10. The van der Waals surface area contributed by atoms with Crippen LogP contribution in [0, 0.1) is 0 Å². The number of aryl methyl sites for hydroxylation is 1. The maximum absolute atomic E-state index is 13.6. The number of hydrogen-bond acceptors (Lipinski definition) is 7. The summed E-state index contributed by atoms with van der Waals surface area (Å²) in [6, 6.07) is 12.1. The molecule has 0 bridgehead atoms. The van der Waals surface area contributed by atoms with Gasteiger partial charge in [0.15, 0.2) is 23.5 Å². The van der Waals surface area contributed by atoms with E-state index in [1.807, 2.05) is 45.0 Å². The van der Waals surface area contributed by atoms with E-state index >= 15 is 0 Å². The third-order valence-corrected chi connectivity index (χ3v) is 6.77. The van der Waals surface area contributed by atoms with Crippen LogP contribution in [0.25, 0.3) is 22.7 Å². The van der Waals surface area contributed by atoms with Gasteiger partial charge in [0.25, 0.3) is 0 Å². The summed E-state index contributed by atoms with van der Waals surface area (Å²) in [4.78, 5) is 12.4. The molecule has 1 aromatic heterocycles. The SMILES string of the molecule is CC.COC(=O)C(C)(C)c1cc(-c2ccc(Br)cc2C2=C(c3ccc4c(c3)OC(F)(F)O4)NC(C)O2)n(C)n1. The van der Waals surface area contributed by atoms with E-state index in [4.69, 9.17) is 9.47 Å². The van der Waals surface area contributed by atoms with Crippen molar-refractivity contribution in [3.63, 3.8) is 0 Å². The smallest absolute Gasteiger partial charge is 0.468 e. The van der Waals surface area contributed by atoms with Crippen LogP contribution in [0.5, 0.6) is 11.5 Å². The molecule has 0 saturated carbocycles. The summed E-state index contributed by atoms with van der Waals surface area (Å²) < 4.78 is 50.0. The summed E-state index contributed by atoms with van der Waals surface area (Å²) in [5.74, 6) is 0.0150. The number of alkyl halides is 2. The standard InChI is InChI=1S/C26H24BrF2N3O5.C2H6/c1-13-30-22(14-6-9-19-20(10-14)37-26(28,29)36-19)23(35-13)17-11-15(27)7-8-16(17)18-12-21(31-32(18)4)25(2,3)24(33)34-5;1-2/h6-13,30H,1-5H3;1-2H3.